The van der Waals surface area contributed by atoms with E-state index in [9.17, 15) is 115 Å². The van der Waals surface area contributed by atoms with Crippen LogP contribution in [0.1, 0.15) is 72.1 Å². The van der Waals surface area contributed by atoms with Crippen molar-refractivity contribution in [2.24, 2.45) is 0 Å². The van der Waals surface area contributed by atoms with Gasteiger partial charge in [-0.05, 0) is 31.2 Å². The summed E-state index contributed by atoms with van der Waals surface area (Å²) < 4.78 is 343. The topological polar surface area (TPSA) is 38.0 Å². The minimum atomic E-state index is -6.13. The van der Waals surface area contributed by atoms with Crippen molar-refractivity contribution in [1.82, 2.24) is 0 Å². The van der Waals surface area contributed by atoms with Crippen LogP contribution in [0.2, 0.25) is 0 Å². The molecule has 6 aromatic rings. The van der Waals surface area contributed by atoms with E-state index in [1.165, 1.54) is 6.92 Å². The van der Waals surface area contributed by atoms with Crippen molar-refractivity contribution in [2.45, 2.75) is 62.9 Å². The number of Topliss-reactive ketones (excluding diaryl/α,β-unsaturated/α-hetero) is 2. The molecule has 0 N–H and O–H groups in total. The monoisotopic (exact) mass is 1100 g/mol. The van der Waals surface area contributed by atoms with Crippen LogP contribution in [0.4, 0.5) is 105 Å². The molecule has 5 aromatic carbocycles. The first kappa shape index (κ1) is 58.9. The number of halogens is 24. The lowest BCUT2D eigenvalue weighted by molar-refractivity contribution is -0.683. The Morgan fingerprint density at radius 2 is 0.573 bits per heavy atom. The van der Waals surface area contributed by atoms with E-state index in [4.69, 9.17) is 0 Å². The van der Waals surface area contributed by atoms with Gasteiger partial charge in [-0.3, -0.25) is 9.59 Å². The minimum Gasteiger partial charge on any atom is -0.295 e. The maximum atomic E-state index is 14.2. The van der Waals surface area contributed by atoms with Crippen molar-refractivity contribution in [3.8, 4) is 0 Å². The zero-order chi connectivity index (χ0) is 56.9. The number of nitrogens with zero attached hydrogens (tertiary/aromatic N) is 1. The number of ketones is 2. The summed E-state index contributed by atoms with van der Waals surface area (Å²) in [5.74, 6) is 0.0766. The van der Waals surface area contributed by atoms with E-state index in [0.717, 1.165) is 0 Å². The highest BCUT2D eigenvalue weighted by Crippen LogP contribution is 2.41. The Balaban J connectivity index is 0.000000483. The van der Waals surface area contributed by atoms with Crippen molar-refractivity contribution in [2.75, 3.05) is 0 Å². The van der Waals surface area contributed by atoms with Gasteiger partial charge in [-0.25, -0.2) is 0 Å². The van der Waals surface area contributed by atoms with Gasteiger partial charge in [-0.15, -0.1) is 0 Å². The number of carbonyl (C=O) groups is 2. The van der Waals surface area contributed by atoms with Gasteiger partial charge in [0.05, 0.1) is 44.5 Å². The third-order valence-corrected chi connectivity index (χ3v) is 11.2. The van der Waals surface area contributed by atoms with Crippen molar-refractivity contribution in [3.05, 3.63) is 183 Å². The molecule has 0 amide bonds. The number of pyridine rings is 1. The smallest absolute Gasteiger partial charge is 0.295 e. The molecule has 1 aromatic heterocycles. The van der Waals surface area contributed by atoms with E-state index in [0.29, 0.717) is 11.1 Å². The quantitative estimate of drug-likeness (QED) is 0.0659. The fraction of sp³-hybridized carbons (Fsp3) is 0.213. The first-order valence-corrected chi connectivity index (χ1v) is 20.4. The molecule has 1 heterocycles. The fourth-order valence-corrected chi connectivity index (χ4v) is 7.75. The summed E-state index contributed by atoms with van der Waals surface area (Å²) in [6.07, 6.45) is -51.3. The molecule has 0 aliphatic heterocycles. The Labute approximate surface area is 404 Å². The molecule has 0 aliphatic rings. The molecule has 0 bridgehead atoms. The van der Waals surface area contributed by atoms with Crippen LogP contribution in [0, 0.1) is 0 Å². The SMILES string of the molecule is CC(=O)c1cc[n+](CC(=O)c2ccccc2)cc1.FC(F)(F)c1cc([B-](c2cc(C(F)(F)F)cc(C(F)(F)F)c2)(c2cc(C(F)(F)F)cc(C(F)(F)F)c2)c2cc(C(F)(F)F)cc(C(F)(F)F)c2)cc(C(F)(F)F)c1. The summed E-state index contributed by atoms with van der Waals surface area (Å²) in [5, 5.41) is 0. The zero-order valence-electron chi connectivity index (χ0n) is 36.7. The maximum Gasteiger partial charge on any atom is 0.416 e. The van der Waals surface area contributed by atoms with E-state index < -0.39 is 195 Å². The lowest BCUT2D eigenvalue weighted by Crippen LogP contribution is -2.75. The first-order valence-electron chi connectivity index (χ1n) is 20.4. The van der Waals surface area contributed by atoms with Crippen molar-refractivity contribution >= 4 is 39.6 Å². The van der Waals surface area contributed by atoms with Crippen LogP contribution in [-0.2, 0) is 56.0 Å². The van der Waals surface area contributed by atoms with E-state index in [-0.39, 0.29) is 18.1 Å². The molecular formula is C47H26BF24NO2. The predicted octanol–water partition coefficient (Wildman–Crippen LogP) is 13.3. The van der Waals surface area contributed by atoms with Crippen LogP contribution in [0.5, 0.6) is 0 Å². The van der Waals surface area contributed by atoms with E-state index in [1.54, 1.807) is 41.2 Å². The Morgan fingerprint density at radius 3 is 0.773 bits per heavy atom. The molecule has 0 atom stereocenters. The summed E-state index contributed by atoms with van der Waals surface area (Å²) in [6.45, 7) is 1.80. The van der Waals surface area contributed by atoms with Crippen LogP contribution in [0.25, 0.3) is 0 Å². The van der Waals surface area contributed by atoms with Gasteiger partial charge in [-0.2, -0.15) is 132 Å². The Hall–Kier alpha value is -7.03. The van der Waals surface area contributed by atoms with Crippen LogP contribution >= 0.6 is 0 Å². The number of alkyl halides is 24. The number of rotatable bonds is 8. The molecule has 0 saturated heterocycles. The maximum absolute atomic E-state index is 14.2. The van der Waals surface area contributed by atoms with E-state index in [2.05, 4.69) is 0 Å². The number of hydrogen-bond donors (Lipinski definition) is 0. The Bertz CT molecular complexity index is 2610. The van der Waals surface area contributed by atoms with Crippen molar-refractivity contribution < 1.29 is 120 Å². The van der Waals surface area contributed by atoms with Gasteiger partial charge < -0.3 is 0 Å². The van der Waals surface area contributed by atoms with Gasteiger partial charge in [0.25, 0.3) is 0 Å². The summed E-state index contributed by atoms with van der Waals surface area (Å²) in [4.78, 5) is 23.1. The molecule has 3 nitrogen and oxygen atoms in total. The average molecular weight is 1100 g/mol. The largest absolute Gasteiger partial charge is 0.416 e. The minimum absolute atomic E-state index is 0.0246. The summed E-state index contributed by atoms with van der Waals surface area (Å²) in [6, 6.07) is 3.80. The van der Waals surface area contributed by atoms with Crippen LogP contribution in [-0.4, -0.2) is 17.7 Å². The highest BCUT2D eigenvalue weighted by Gasteiger charge is 2.47. The van der Waals surface area contributed by atoms with Gasteiger partial charge in [0.1, 0.15) is 6.15 Å². The summed E-state index contributed by atoms with van der Waals surface area (Å²) >= 11 is 0. The second kappa shape index (κ2) is 20.3. The van der Waals surface area contributed by atoms with E-state index in [1.807, 2.05) is 18.2 Å². The molecular weight excluding hydrogens is 1080 g/mol. The van der Waals surface area contributed by atoms with Crippen molar-refractivity contribution in [1.29, 1.82) is 0 Å². The molecule has 0 saturated carbocycles. The molecule has 0 unspecified atom stereocenters. The first-order chi connectivity index (χ1) is 33.9. The van der Waals surface area contributed by atoms with Gasteiger partial charge in [-0.1, -0.05) is 78.9 Å². The summed E-state index contributed by atoms with van der Waals surface area (Å²) in [7, 11) is 0. The van der Waals surface area contributed by atoms with Crippen LogP contribution in [0.15, 0.2) is 128 Å². The molecule has 6 rings (SSSR count). The van der Waals surface area contributed by atoms with Gasteiger partial charge in [0.15, 0.2) is 18.2 Å². The van der Waals surface area contributed by atoms with Gasteiger partial charge in [0.2, 0.25) is 12.3 Å². The molecule has 0 fully saturated rings. The second-order valence-electron chi connectivity index (χ2n) is 16.3. The highest BCUT2D eigenvalue weighted by molar-refractivity contribution is 7.20. The summed E-state index contributed by atoms with van der Waals surface area (Å²) in [5.41, 5.74) is -28.9. The van der Waals surface area contributed by atoms with Crippen molar-refractivity contribution in [3.63, 3.8) is 0 Å². The lowest BCUT2D eigenvalue weighted by Gasteiger charge is -2.46. The predicted molar refractivity (Wildman–Crippen MR) is 217 cm³/mol. The normalized spacial score (nSPS) is 13.3. The number of carbonyl (C=O) groups excluding carboxylic acids is 2. The Kier molecular flexibility index (Phi) is 15.9. The average Bonchev–Trinajstić information content (AvgIpc) is 3.27. The van der Waals surface area contributed by atoms with E-state index >= 15 is 0 Å². The van der Waals surface area contributed by atoms with Crippen LogP contribution in [0.3, 0.4) is 0 Å². The lowest BCUT2D eigenvalue weighted by atomic mass is 9.12. The number of benzene rings is 5. The molecule has 0 spiro atoms. The molecule has 0 radical (unpaired) electrons. The third-order valence-electron chi connectivity index (χ3n) is 11.2. The highest BCUT2D eigenvalue weighted by atomic mass is 19.4. The molecule has 75 heavy (non-hydrogen) atoms. The zero-order valence-corrected chi connectivity index (χ0v) is 36.7. The Morgan fingerprint density at radius 1 is 0.347 bits per heavy atom. The number of hydrogen-bond acceptors (Lipinski definition) is 2. The fourth-order valence-electron chi connectivity index (χ4n) is 7.75. The van der Waals surface area contributed by atoms with Crippen LogP contribution < -0.4 is 26.4 Å². The standard InChI is InChI=1S/C32H12BF24.C15H14NO2/c34-25(35,36)13-1-14(26(37,38)39)6-21(5-13)33(22-7-15(27(40,41)42)2-16(8-22)28(43,44)45,23-9-17(29(46,47)48)3-18(10-23)30(49,50)51)24-11-19(31(52,53)54)4-20(12-24)32(55,56)57;1-12(17)13-7-9-16(10-8-13)11-15(18)14-5-3-2-4-6-14/h1-12H;2-10H,11H2,1H3/q-1;+1. The molecule has 0 aliphatic carbocycles. The third kappa shape index (κ3) is 13.8. The number of aromatic nitrogens is 1. The second-order valence-corrected chi connectivity index (χ2v) is 16.3. The molecule has 28 heteroatoms. The van der Waals surface area contributed by atoms with Gasteiger partial charge in [0, 0.05) is 23.3 Å². The van der Waals surface area contributed by atoms with Gasteiger partial charge >= 0.3 is 49.4 Å². The molecule has 402 valence electrons.